The molecule has 3 rings (SSSR count). The van der Waals surface area contributed by atoms with E-state index >= 15 is 0 Å². The smallest absolute Gasteiger partial charge is 0.255 e. The van der Waals surface area contributed by atoms with Gasteiger partial charge in [-0.25, -0.2) is 4.98 Å². The first-order valence-electron chi connectivity index (χ1n) is 5.86. The second-order valence-corrected chi connectivity index (χ2v) is 4.96. The SMILES string of the molecule is COc1ccc(Oc2cc(C)nc3ncnn23)c(Br)c1. The minimum Gasteiger partial charge on any atom is -0.497 e. The highest BCUT2D eigenvalue weighted by molar-refractivity contribution is 9.10. The lowest BCUT2D eigenvalue weighted by Crippen LogP contribution is -1.99. The van der Waals surface area contributed by atoms with Gasteiger partial charge in [0.15, 0.2) is 0 Å². The van der Waals surface area contributed by atoms with E-state index in [1.165, 1.54) is 6.33 Å². The van der Waals surface area contributed by atoms with Gasteiger partial charge in [-0.2, -0.15) is 14.6 Å². The summed E-state index contributed by atoms with van der Waals surface area (Å²) >= 11 is 3.45. The molecule has 0 amide bonds. The Morgan fingerprint density at radius 3 is 2.85 bits per heavy atom. The molecule has 0 spiro atoms. The summed E-state index contributed by atoms with van der Waals surface area (Å²) in [6, 6.07) is 7.29. The lowest BCUT2D eigenvalue weighted by Gasteiger charge is -2.10. The van der Waals surface area contributed by atoms with Crippen LogP contribution in [0.1, 0.15) is 5.69 Å². The number of nitrogens with zero attached hydrogens (tertiary/aromatic N) is 4. The van der Waals surface area contributed by atoms with E-state index in [0.717, 1.165) is 15.9 Å². The molecule has 1 aromatic carbocycles. The Bertz CT molecular complexity index is 772. The number of rotatable bonds is 3. The molecule has 0 N–H and O–H groups in total. The van der Waals surface area contributed by atoms with Gasteiger partial charge < -0.3 is 9.47 Å². The van der Waals surface area contributed by atoms with Crippen LogP contribution in [0.15, 0.2) is 35.1 Å². The van der Waals surface area contributed by atoms with Crippen molar-refractivity contribution in [2.75, 3.05) is 7.11 Å². The molecule has 0 unspecified atom stereocenters. The van der Waals surface area contributed by atoms with Gasteiger partial charge in [0.1, 0.15) is 17.8 Å². The minimum atomic E-state index is 0.504. The van der Waals surface area contributed by atoms with Gasteiger partial charge in [0.2, 0.25) is 5.88 Å². The van der Waals surface area contributed by atoms with Gasteiger partial charge in [-0.05, 0) is 41.1 Å². The summed E-state index contributed by atoms with van der Waals surface area (Å²) in [4.78, 5) is 8.33. The first kappa shape index (κ1) is 12.9. The lowest BCUT2D eigenvalue weighted by atomic mass is 10.3. The van der Waals surface area contributed by atoms with Crippen molar-refractivity contribution in [2.24, 2.45) is 0 Å². The van der Waals surface area contributed by atoms with Crippen molar-refractivity contribution < 1.29 is 9.47 Å². The van der Waals surface area contributed by atoms with E-state index in [0.29, 0.717) is 17.4 Å². The Hall–Kier alpha value is -2.15. The first-order valence-corrected chi connectivity index (χ1v) is 6.65. The van der Waals surface area contributed by atoms with Gasteiger partial charge in [0.25, 0.3) is 5.78 Å². The van der Waals surface area contributed by atoms with E-state index in [4.69, 9.17) is 9.47 Å². The molecule has 2 heterocycles. The lowest BCUT2D eigenvalue weighted by molar-refractivity contribution is 0.410. The van der Waals surface area contributed by atoms with E-state index in [9.17, 15) is 0 Å². The van der Waals surface area contributed by atoms with E-state index < -0.39 is 0 Å². The molecule has 20 heavy (non-hydrogen) atoms. The number of methoxy groups -OCH3 is 1. The van der Waals surface area contributed by atoms with Gasteiger partial charge in [0.05, 0.1) is 11.6 Å². The van der Waals surface area contributed by atoms with Gasteiger partial charge in [0, 0.05) is 11.8 Å². The molecule has 3 aromatic rings. The topological polar surface area (TPSA) is 61.5 Å². The minimum absolute atomic E-state index is 0.504. The number of aryl methyl sites for hydroxylation is 1. The molecular formula is C13H11BrN4O2. The molecule has 0 aliphatic carbocycles. The number of aromatic nitrogens is 4. The van der Waals surface area contributed by atoms with Crippen molar-refractivity contribution in [1.82, 2.24) is 19.6 Å². The molecule has 0 aliphatic heterocycles. The van der Waals surface area contributed by atoms with Gasteiger partial charge in [-0.3, -0.25) is 0 Å². The Balaban J connectivity index is 2.03. The largest absolute Gasteiger partial charge is 0.497 e. The molecule has 102 valence electrons. The molecule has 0 atom stereocenters. The summed E-state index contributed by atoms with van der Waals surface area (Å²) < 4.78 is 13.4. The highest BCUT2D eigenvalue weighted by atomic mass is 79.9. The highest BCUT2D eigenvalue weighted by Crippen LogP contribution is 2.32. The van der Waals surface area contributed by atoms with Crippen molar-refractivity contribution in [3.05, 3.63) is 40.8 Å². The maximum atomic E-state index is 5.88. The zero-order valence-electron chi connectivity index (χ0n) is 10.9. The quantitative estimate of drug-likeness (QED) is 0.736. The molecule has 0 radical (unpaired) electrons. The fourth-order valence-electron chi connectivity index (χ4n) is 1.77. The molecular weight excluding hydrogens is 324 g/mol. The van der Waals surface area contributed by atoms with Crippen LogP contribution in [0.2, 0.25) is 0 Å². The van der Waals surface area contributed by atoms with Crippen LogP contribution < -0.4 is 9.47 Å². The second-order valence-electron chi connectivity index (χ2n) is 4.11. The predicted octanol–water partition coefficient (Wildman–Crippen LogP) is 3.00. The zero-order valence-corrected chi connectivity index (χ0v) is 12.5. The number of hydrogen-bond acceptors (Lipinski definition) is 5. The molecule has 0 bridgehead atoms. The predicted molar refractivity (Wildman–Crippen MR) is 76.3 cm³/mol. The summed E-state index contributed by atoms with van der Waals surface area (Å²) in [5.74, 6) is 2.47. The first-order chi connectivity index (χ1) is 9.67. The number of halogens is 1. The third kappa shape index (κ3) is 2.32. The number of fused-ring (bicyclic) bond motifs is 1. The maximum absolute atomic E-state index is 5.88. The van der Waals surface area contributed by atoms with Crippen LogP contribution >= 0.6 is 15.9 Å². The van der Waals surface area contributed by atoms with Crippen LogP contribution in [-0.2, 0) is 0 Å². The van der Waals surface area contributed by atoms with E-state index in [1.807, 2.05) is 25.1 Å². The van der Waals surface area contributed by atoms with Crippen molar-refractivity contribution in [1.29, 1.82) is 0 Å². The van der Waals surface area contributed by atoms with E-state index in [2.05, 4.69) is 31.0 Å². The number of hydrogen-bond donors (Lipinski definition) is 0. The monoisotopic (exact) mass is 334 g/mol. The number of benzene rings is 1. The molecule has 0 saturated heterocycles. The highest BCUT2D eigenvalue weighted by Gasteiger charge is 2.10. The van der Waals surface area contributed by atoms with Crippen LogP contribution in [0.5, 0.6) is 17.4 Å². The van der Waals surface area contributed by atoms with Crippen LogP contribution in [0.3, 0.4) is 0 Å². The van der Waals surface area contributed by atoms with Crippen molar-refractivity contribution >= 4 is 21.7 Å². The summed E-state index contributed by atoms with van der Waals surface area (Å²) in [6.45, 7) is 1.88. The normalized spacial score (nSPS) is 10.8. The van der Waals surface area contributed by atoms with Crippen molar-refractivity contribution in [3.8, 4) is 17.4 Å². The molecule has 0 aliphatic rings. The van der Waals surface area contributed by atoms with Crippen molar-refractivity contribution in [2.45, 2.75) is 6.92 Å². The molecule has 0 fully saturated rings. The Kier molecular flexibility index (Phi) is 3.27. The second kappa shape index (κ2) is 5.09. The van der Waals surface area contributed by atoms with Crippen LogP contribution in [0, 0.1) is 6.92 Å². The average Bonchev–Trinajstić information content (AvgIpc) is 2.89. The van der Waals surface area contributed by atoms with Crippen LogP contribution in [0.25, 0.3) is 5.78 Å². The Morgan fingerprint density at radius 2 is 2.10 bits per heavy atom. The Labute approximate surface area is 123 Å². The van der Waals surface area contributed by atoms with Crippen LogP contribution in [0.4, 0.5) is 0 Å². The molecule has 2 aromatic heterocycles. The third-order valence-corrected chi connectivity index (χ3v) is 3.32. The van der Waals surface area contributed by atoms with Crippen molar-refractivity contribution in [3.63, 3.8) is 0 Å². The fraction of sp³-hybridized carbons (Fsp3) is 0.154. The van der Waals surface area contributed by atoms with Gasteiger partial charge in [-0.15, -0.1) is 0 Å². The summed E-state index contributed by atoms with van der Waals surface area (Å²) in [7, 11) is 1.62. The molecule has 6 nitrogen and oxygen atoms in total. The zero-order chi connectivity index (χ0) is 14.1. The summed E-state index contributed by atoms with van der Waals surface area (Å²) in [6.07, 6.45) is 1.44. The van der Waals surface area contributed by atoms with Gasteiger partial charge in [-0.1, -0.05) is 0 Å². The molecule has 0 saturated carbocycles. The average molecular weight is 335 g/mol. The third-order valence-electron chi connectivity index (χ3n) is 2.70. The maximum Gasteiger partial charge on any atom is 0.255 e. The Morgan fingerprint density at radius 1 is 1.25 bits per heavy atom. The number of ether oxygens (including phenoxy) is 2. The van der Waals surface area contributed by atoms with E-state index in [1.54, 1.807) is 17.7 Å². The molecule has 7 heteroatoms. The van der Waals surface area contributed by atoms with E-state index in [-0.39, 0.29) is 0 Å². The summed E-state index contributed by atoms with van der Waals surface area (Å²) in [5.41, 5.74) is 0.810. The standard InChI is InChI=1S/C13H11BrN4O2/c1-8-5-12(18-13(17-8)15-7-16-18)20-11-4-3-9(19-2)6-10(11)14/h3-7H,1-2H3. The van der Waals surface area contributed by atoms with Gasteiger partial charge >= 0.3 is 0 Å². The summed E-state index contributed by atoms with van der Waals surface area (Å²) in [5, 5.41) is 4.10. The van der Waals surface area contributed by atoms with Crippen LogP contribution in [-0.4, -0.2) is 26.7 Å². The fourth-order valence-corrected chi connectivity index (χ4v) is 2.21.